The van der Waals surface area contributed by atoms with Crippen molar-refractivity contribution in [2.75, 3.05) is 5.32 Å². The number of oxazole rings is 2. The predicted molar refractivity (Wildman–Crippen MR) is 205 cm³/mol. The van der Waals surface area contributed by atoms with Gasteiger partial charge in [0.25, 0.3) is 0 Å². The molecule has 6 heterocycles. The van der Waals surface area contributed by atoms with Gasteiger partial charge in [0, 0.05) is 50.3 Å². The molecule has 54 heavy (non-hydrogen) atoms. The van der Waals surface area contributed by atoms with Crippen molar-refractivity contribution in [1.82, 2.24) is 15.3 Å². The van der Waals surface area contributed by atoms with Crippen molar-refractivity contribution in [1.29, 1.82) is 0 Å². The minimum atomic E-state index is -1.00. The smallest absolute Gasteiger partial charge is 0.249 e. The van der Waals surface area contributed by atoms with Crippen molar-refractivity contribution in [2.45, 2.75) is 50.8 Å². The van der Waals surface area contributed by atoms with Crippen LogP contribution in [0.25, 0.3) is 28.3 Å². The molecule has 10 heteroatoms. The van der Waals surface area contributed by atoms with Crippen LogP contribution in [0.1, 0.15) is 81.9 Å². The first-order valence-corrected chi connectivity index (χ1v) is 19.2. The number of ketones is 1. The molecule has 2 unspecified atom stereocenters. The number of nitrogens with one attached hydrogen (secondary N) is 2. The molecular formula is C44H33BrN4O5. The summed E-state index contributed by atoms with van der Waals surface area (Å²) in [6, 6.07) is 25.6. The maximum Gasteiger partial charge on any atom is 0.249 e. The van der Waals surface area contributed by atoms with Gasteiger partial charge in [-0.25, -0.2) is 9.97 Å². The summed E-state index contributed by atoms with van der Waals surface area (Å²) in [6.07, 6.45) is 4.55. The number of Topliss-reactive ketones (excluding diaryl/α,β-unsaturated/α-hetero) is 1. The van der Waals surface area contributed by atoms with E-state index in [1.54, 1.807) is 18.3 Å². The number of aromatic nitrogens is 2. The van der Waals surface area contributed by atoms with Gasteiger partial charge in [-0.1, -0.05) is 96.5 Å². The van der Waals surface area contributed by atoms with Crippen LogP contribution in [0, 0.1) is 11.8 Å². The number of para-hydroxylation sites is 1. The van der Waals surface area contributed by atoms with E-state index >= 15 is 0 Å². The average Bonchev–Trinajstić information content (AvgIpc) is 3.99. The van der Waals surface area contributed by atoms with Gasteiger partial charge in [-0.15, -0.1) is 0 Å². The number of carbonyl (C=O) groups excluding carboxylic acids is 2. The number of halogens is 1. The van der Waals surface area contributed by atoms with E-state index in [-0.39, 0.29) is 24.0 Å². The van der Waals surface area contributed by atoms with Crippen LogP contribution in [0.5, 0.6) is 5.75 Å². The van der Waals surface area contributed by atoms with Gasteiger partial charge in [0.05, 0.1) is 6.20 Å². The Morgan fingerprint density at radius 2 is 1.81 bits per heavy atom. The summed E-state index contributed by atoms with van der Waals surface area (Å²) in [5.74, 6) is 1.43. The molecular weight excluding hydrogens is 744 g/mol. The largest absolute Gasteiger partial charge is 0.469 e. The number of ether oxygens (including phenoxy) is 1. The Bertz CT molecular complexity index is 2640. The van der Waals surface area contributed by atoms with Crippen LogP contribution >= 0.6 is 15.9 Å². The maximum atomic E-state index is 14.4. The van der Waals surface area contributed by atoms with E-state index in [1.807, 2.05) is 38.1 Å². The van der Waals surface area contributed by atoms with Gasteiger partial charge in [-0.05, 0) is 59.2 Å². The zero-order valence-corrected chi connectivity index (χ0v) is 31.0. The van der Waals surface area contributed by atoms with Gasteiger partial charge in [0.2, 0.25) is 17.7 Å². The van der Waals surface area contributed by atoms with Crippen LogP contribution in [-0.4, -0.2) is 27.9 Å². The lowest BCUT2D eigenvalue weighted by Crippen LogP contribution is -2.40. The molecule has 0 saturated heterocycles. The molecule has 4 atom stereocenters. The minimum absolute atomic E-state index is 0.0335. The van der Waals surface area contributed by atoms with Crippen molar-refractivity contribution in [3.8, 4) is 28.5 Å². The summed E-state index contributed by atoms with van der Waals surface area (Å²) in [5.41, 5.74) is 9.24. The van der Waals surface area contributed by atoms with Gasteiger partial charge < -0.3 is 24.2 Å². The molecule has 10 bridgehead atoms. The van der Waals surface area contributed by atoms with Crippen molar-refractivity contribution in [2.24, 2.45) is 11.8 Å². The Morgan fingerprint density at radius 1 is 0.981 bits per heavy atom. The molecule has 266 valence electrons. The Morgan fingerprint density at radius 3 is 2.67 bits per heavy atom. The van der Waals surface area contributed by atoms with Crippen LogP contribution in [0.3, 0.4) is 0 Å². The molecule has 6 aromatic rings. The van der Waals surface area contributed by atoms with E-state index in [0.29, 0.717) is 46.7 Å². The zero-order chi connectivity index (χ0) is 36.5. The van der Waals surface area contributed by atoms with Crippen molar-refractivity contribution in [3.05, 3.63) is 146 Å². The third-order valence-electron chi connectivity index (χ3n) is 11.8. The number of amides is 1. The third kappa shape index (κ3) is 4.37. The zero-order valence-electron chi connectivity index (χ0n) is 29.4. The normalized spacial score (nSPS) is 22.3. The van der Waals surface area contributed by atoms with Gasteiger partial charge >= 0.3 is 0 Å². The summed E-state index contributed by atoms with van der Waals surface area (Å²) < 4.78 is 21.5. The van der Waals surface area contributed by atoms with Crippen LogP contribution in [0.4, 0.5) is 5.69 Å². The van der Waals surface area contributed by atoms with Crippen LogP contribution < -0.4 is 15.4 Å². The second-order valence-electron chi connectivity index (χ2n) is 15.2. The van der Waals surface area contributed by atoms with E-state index < -0.39 is 23.6 Å². The third-order valence-corrected chi connectivity index (χ3v) is 12.3. The molecule has 9 nitrogen and oxygen atoms in total. The Labute approximate surface area is 319 Å². The van der Waals surface area contributed by atoms with E-state index in [2.05, 4.69) is 75.1 Å². The number of allylic oxidation sites excluding steroid dienone is 1. The lowest BCUT2D eigenvalue weighted by molar-refractivity contribution is -0.126. The monoisotopic (exact) mass is 776 g/mol. The van der Waals surface area contributed by atoms with E-state index in [4.69, 9.17) is 23.5 Å². The van der Waals surface area contributed by atoms with Gasteiger partial charge in [0.1, 0.15) is 17.2 Å². The highest BCUT2D eigenvalue weighted by Gasteiger charge is 2.61. The number of rotatable bonds is 4. The van der Waals surface area contributed by atoms with Crippen LogP contribution in [0.15, 0.2) is 104 Å². The first-order chi connectivity index (χ1) is 26.3. The number of anilines is 1. The number of hydrogen-bond donors (Lipinski definition) is 2. The van der Waals surface area contributed by atoms with Crippen LogP contribution in [-0.2, 0) is 23.1 Å². The number of nitrogens with zero attached hydrogens (tertiary/aromatic N) is 2. The van der Waals surface area contributed by atoms with Gasteiger partial charge in [0.15, 0.2) is 29.2 Å². The van der Waals surface area contributed by atoms with Gasteiger partial charge in [-0.3, -0.25) is 9.59 Å². The molecule has 2 aromatic heterocycles. The Kier molecular flexibility index (Phi) is 6.69. The molecule has 1 spiro atoms. The molecule has 5 aliphatic rings. The lowest BCUT2D eigenvalue weighted by atomic mass is 9.71. The first kappa shape index (κ1) is 31.8. The van der Waals surface area contributed by atoms with Crippen LogP contribution in [0.2, 0.25) is 0 Å². The van der Waals surface area contributed by atoms with Gasteiger partial charge in [-0.2, -0.15) is 0 Å². The minimum Gasteiger partial charge on any atom is -0.469 e. The summed E-state index contributed by atoms with van der Waals surface area (Å²) in [5, 5.41) is 7.08. The highest BCUT2D eigenvalue weighted by Crippen LogP contribution is 2.61. The Hall–Kier alpha value is -5.74. The maximum absolute atomic E-state index is 14.4. The molecule has 0 radical (unpaired) electrons. The van der Waals surface area contributed by atoms with E-state index in [9.17, 15) is 9.59 Å². The molecule has 1 aliphatic carbocycles. The molecule has 0 saturated carbocycles. The summed E-state index contributed by atoms with van der Waals surface area (Å²) in [6.45, 7) is 4.04. The molecule has 4 aromatic carbocycles. The van der Waals surface area contributed by atoms with E-state index in [0.717, 1.165) is 55.5 Å². The highest BCUT2D eigenvalue weighted by atomic mass is 79.9. The molecule has 1 amide bonds. The standard InChI is InChI=1S/C44H33BrN4O5/c1-21(2)36-42-48-38-39(54-42)44-30-8-4-7-28(27-6-3-5-24-12-15-29(35(24)27)34-20-46-41(38)52-34)37(30)49-43(44)53-33-16-9-22(18-31(33)44)17-25(40(51)47-36)19-32(50)23-10-13-26(45)14-11-23/h3-11,13-16,18,20-21,25,36,43,49H,12,17,19H2,1-2H3,(H,47,51)/t25?,36-,43-,44?/m0/s1. The van der Waals surface area contributed by atoms with Crippen molar-refractivity contribution >= 4 is 38.9 Å². The molecule has 0 fully saturated rings. The van der Waals surface area contributed by atoms with Crippen molar-refractivity contribution in [3.63, 3.8) is 0 Å². The topological polar surface area (TPSA) is 119 Å². The summed E-state index contributed by atoms with van der Waals surface area (Å²) in [7, 11) is 0. The average molecular weight is 778 g/mol. The number of fused-ring (bicyclic) bond motifs is 7. The number of hydrogen-bond acceptors (Lipinski definition) is 8. The lowest BCUT2D eigenvalue weighted by Gasteiger charge is -2.28. The molecule has 11 rings (SSSR count). The number of carbonyl (C=O) groups is 2. The highest BCUT2D eigenvalue weighted by molar-refractivity contribution is 9.10. The second-order valence-corrected chi connectivity index (χ2v) is 16.1. The number of benzene rings is 4. The second kappa shape index (κ2) is 11.4. The fourth-order valence-electron chi connectivity index (χ4n) is 9.20. The first-order valence-electron chi connectivity index (χ1n) is 18.4. The predicted octanol–water partition coefficient (Wildman–Crippen LogP) is 8.80. The SMILES string of the molecule is CC(C)[C@@H]1NC(=O)C(CC(=O)c2ccc(Br)cc2)Cc2ccc3c(c2)C24c5cccc(c5N[C@H]2O3)-c2cccc3c2C(=CC3)c2cnc(o2)-c2nc1oc24. The Balaban J connectivity index is 1.18. The fourth-order valence-corrected chi connectivity index (χ4v) is 9.46. The quantitative estimate of drug-likeness (QED) is 0.171. The summed E-state index contributed by atoms with van der Waals surface area (Å²) in [4.78, 5) is 38.1. The fraction of sp³-hybridized carbons (Fsp3) is 0.227. The van der Waals surface area contributed by atoms with E-state index in [1.165, 1.54) is 5.56 Å². The summed E-state index contributed by atoms with van der Waals surface area (Å²) >= 11 is 3.46. The van der Waals surface area contributed by atoms with Crippen molar-refractivity contribution < 1.29 is 23.2 Å². The molecule has 4 aliphatic heterocycles. The molecule has 2 N–H and O–H groups in total.